The minimum atomic E-state index is -0.267. The maximum atomic E-state index is 11.5. The van der Waals surface area contributed by atoms with Crippen molar-refractivity contribution < 1.29 is 9.53 Å². The van der Waals surface area contributed by atoms with Crippen molar-refractivity contribution in [2.45, 2.75) is 13.0 Å². The van der Waals surface area contributed by atoms with Gasteiger partial charge in [-0.15, -0.1) is 0 Å². The summed E-state index contributed by atoms with van der Waals surface area (Å²) in [7, 11) is 0. The summed E-state index contributed by atoms with van der Waals surface area (Å²) in [6.45, 7) is 4.10. The van der Waals surface area contributed by atoms with Gasteiger partial charge in [0.2, 0.25) is 5.91 Å². The molecule has 1 aliphatic rings. The molecule has 0 spiro atoms. The Morgan fingerprint density at radius 2 is 2.11 bits per heavy atom. The van der Waals surface area contributed by atoms with Crippen LogP contribution in [0, 0.1) is 11.3 Å². The van der Waals surface area contributed by atoms with Crippen LogP contribution in [0.25, 0.3) is 0 Å². The molecule has 1 aliphatic heterocycles. The molecule has 0 aliphatic carbocycles. The lowest BCUT2D eigenvalue weighted by atomic mass is 10.1. The summed E-state index contributed by atoms with van der Waals surface area (Å²) in [5, 5.41) is 11.3. The van der Waals surface area contributed by atoms with E-state index in [9.17, 15) is 4.79 Å². The third kappa shape index (κ3) is 4.05. The minimum Gasteiger partial charge on any atom is -0.379 e. The molecule has 5 heteroatoms. The highest BCUT2D eigenvalue weighted by atomic mass is 16.5. The summed E-state index contributed by atoms with van der Waals surface area (Å²) in [6.07, 6.45) is -0.119. The van der Waals surface area contributed by atoms with Crippen LogP contribution < -0.4 is 5.32 Å². The summed E-state index contributed by atoms with van der Waals surface area (Å²) in [5.74, 6) is -0.267. The van der Waals surface area contributed by atoms with E-state index in [0.717, 1.165) is 44.1 Å². The summed E-state index contributed by atoms with van der Waals surface area (Å²) in [4.78, 5) is 13.8. The Hall–Kier alpha value is -1.90. The molecule has 1 amide bonds. The second-order valence-electron chi connectivity index (χ2n) is 4.43. The van der Waals surface area contributed by atoms with Crippen LogP contribution in [-0.4, -0.2) is 37.1 Å². The van der Waals surface area contributed by atoms with Crippen molar-refractivity contribution in [3.05, 3.63) is 29.8 Å². The van der Waals surface area contributed by atoms with Crippen LogP contribution in [0.2, 0.25) is 0 Å². The number of para-hydroxylation sites is 1. The zero-order valence-electron chi connectivity index (χ0n) is 10.8. The number of benzene rings is 1. The highest BCUT2D eigenvalue weighted by Crippen LogP contribution is 2.18. The van der Waals surface area contributed by atoms with E-state index in [2.05, 4.69) is 10.2 Å². The van der Waals surface area contributed by atoms with Crippen LogP contribution >= 0.6 is 0 Å². The van der Waals surface area contributed by atoms with E-state index < -0.39 is 0 Å². The molecule has 0 bridgehead atoms. The molecule has 2 rings (SSSR count). The largest absolute Gasteiger partial charge is 0.379 e. The third-order valence-electron chi connectivity index (χ3n) is 3.03. The summed E-state index contributed by atoms with van der Waals surface area (Å²) < 4.78 is 5.32. The smallest absolute Gasteiger partial charge is 0.238 e. The molecular formula is C14H17N3O2. The van der Waals surface area contributed by atoms with Crippen LogP contribution in [0.15, 0.2) is 24.3 Å². The Balaban J connectivity index is 2.03. The van der Waals surface area contributed by atoms with Crippen molar-refractivity contribution in [2.75, 3.05) is 31.6 Å². The zero-order valence-corrected chi connectivity index (χ0v) is 10.8. The second kappa shape index (κ2) is 6.88. The van der Waals surface area contributed by atoms with Gasteiger partial charge in [0.05, 0.1) is 19.3 Å². The first-order valence-corrected chi connectivity index (χ1v) is 6.34. The SMILES string of the molecule is N#CCC(=O)Nc1ccccc1CN1CCOCC1. The molecule has 1 aromatic rings. The number of amides is 1. The monoisotopic (exact) mass is 259 g/mol. The maximum Gasteiger partial charge on any atom is 0.238 e. The van der Waals surface area contributed by atoms with Crippen LogP contribution in [0.1, 0.15) is 12.0 Å². The third-order valence-corrected chi connectivity index (χ3v) is 3.03. The average Bonchev–Trinajstić information content (AvgIpc) is 2.42. The molecule has 1 aromatic carbocycles. The van der Waals surface area contributed by atoms with Gasteiger partial charge in [-0.2, -0.15) is 5.26 Å². The van der Waals surface area contributed by atoms with E-state index >= 15 is 0 Å². The molecule has 0 atom stereocenters. The number of nitrogens with one attached hydrogen (secondary N) is 1. The molecule has 1 fully saturated rings. The van der Waals surface area contributed by atoms with Gasteiger partial charge in [0.1, 0.15) is 6.42 Å². The highest BCUT2D eigenvalue weighted by molar-refractivity contribution is 5.92. The van der Waals surface area contributed by atoms with Crippen molar-refractivity contribution in [1.29, 1.82) is 5.26 Å². The van der Waals surface area contributed by atoms with E-state index in [-0.39, 0.29) is 12.3 Å². The van der Waals surface area contributed by atoms with Crippen molar-refractivity contribution in [3.63, 3.8) is 0 Å². The quantitative estimate of drug-likeness (QED) is 0.887. The highest BCUT2D eigenvalue weighted by Gasteiger charge is 2.13. The van der Waals surface area contributed by atoms with Gasteiger partial charge in [0.15, 0.2) is 0 Å². The van der Waals surface area contributed by atoms with Crippen LogP contribution in [-0.2, 0) is 16.1 Å². The van der Waals surface area contributed by atoms with E-state index in [1.807, 2.05) is 30.3 Å². The van der Waals surface area contributed by atoms with Crippen LogP contribution in [0.4, 0.5) is 5.69 Å². The lowest BCUT2D eigenvalue weighted by molar-refractivity contribution is -0.115. The number of ether oxygens (including phenoxy) is 1. The van der Waals surface area contributed by atoms with E-state index in [1.54, 1.807) is 0 Å². The molecule has 1 saturated heterocycles. The Kier molecular flexibility index (Phi) is 4.90. The number of morpholine rings is 1. The summed E-state index contributed by atoms with van der Waals surface area (Å²) in [5.41, 5.74) is 1.85. The zero-order chi connectivity index (χ0) is 13.5. The molecule has 1 heterocycles. The molecule has 100 valence electrons. The minimum absolute atomic E-state index is 0.119. The number of rotatable bonds is 4. The molecule has 19 heavy (non-hydrogen) atoms. The Bertz CT molecular complexity index is 476. The van der Waals surface area contributed by atoms with Gasteiger partial charge in [0, 0.05) is 25.3 Å². The van der Waals surface area contributed by atoms with Crippen molar-refractivity contribution in [1.82, 2.24) is 4.90 Å². The number of anilines is 1. The summed E-state index contributed by atoms with van der Waals surface area (Å²) in [6, 6.07) is 9.55. The topological polar surface area (TPSA) is 65.4 Å². The number of hydrogen-bond acceptors (Lipinski definition) is 4. The first-order valence-electron chi connectivity index (χ1n) is 6.34. The molecule has 0 saturated carbocycles. The first kappa shape index (κ1) is 13.5. The second-order valence-corrected chi connectivity index (χ2v) is 4.43. The number of carbonyl (C=O) groups excluding carboxylic acids is 1. The molecule has 0 unspecified atom stereocenters. The average molecular weight is 259 g/mol. The molecule has 1 N–H and O–H groups in total. The van der Waals surface area contributed by atoms with Gasteiger partial charge in [-0.3, -0.25) is 9.69 Å². The van der Waals surface area contributed by atoms with Gasteiger partial charge in [-0.25, -0.2) is 0 Å². The van der Waals surface area contributed by atoms with Gasteiger partial charge in [0.25, 0.3) is 0 Å². The Morgan fingerprint density at radius 1 is 1.37 bits per heavy atom. The number of nitrogens with zero attached hydrogens (tertiary/aromatic N) is 2. The fourth-order valence-corrected chi connectivity index (χ4v) is 2.05. The lowest BCUT2D eigenvalue weighted by Crippen LogP contribution is -2.35. The Morgan fingerprint density at radius 3 is 2.84 bits per heavy atom. The van der Waals surface area contributed by atoms with Crippen LogP contribution in [0.5, 0.6) is 0 Å². The number of hydrogen-bond donors (Lipinski definition) is 1. The number of nitriles is 1. The van der Waals surface area contributed by atoms with Gasteiger partial charge in [-0.1, -0.05) is 18.2 Å². The molecular weight excluding hydrogens is 242 g/mol. The maximum absolute atomic E-state index is 11.5. The van der Waals surface area contributed by atoms with Crippen LogP contribution in [0.3, 0.4) is 0 Å². The van der Waals surface area contributed by atoms with E-state index in [1.165, 1.54) is 0 Å². The number of carbonyl (C=O) groups is 1. The molecule has 0 radical (unpaired) electrons. The first-order chi connectivity index (χ1) is 9.29. The van der Waals surface area contributed by atoms with Gasteiger partial charge >= 0.3 is 0 Å². The normalized spacial score (nSPS) is 15.7. The van der Waals surface area contributed by atoms with E-state index in [0.29, 0.717) is 0 Å². The predicted molar refractivity (Wildman–Crippen MR) is 71.4 cm³/mol. The molecule has 5 nitrogen and oxygen atoms in total. The van der Waals surface area contributed by atoms with Crippen molar-refractivity contribution in [2.24, 2.45) is 0 Å². The Labute approximate surface area is 112 Å². The standard InChI is InChI=1S/C14H17N3O2/c15-6-5-14(18)16-13-4-2-1-3-12(13)11-17-7-9-19-10-8-17/h1-4H,5,7-11H2,(H,16,18). The fourth-order valence-electron chi connectivity index (χ4n) is 2.05. The summed E-state index contributed by atoms with van der Waals surface area (Å²) >= 11 is 0. The van der Waals surface area contributed by atoms with E-state index in [4.69, 9.17) is 10.00 Å². The van der Waals surface area contributed by atoms with Gasteiger partial charge in [-0.05, 0) is 11.6 Å². The fraction of sp³-hybridized carbons (Fsp3) is 0.429. The van der Waals surface area contributed by atoms with Crippen molar-refractivity contribution >= 4 is 11.6 Å². The van der Waals surface area contributed by atoms with Crippen molar-refractivity contribution in [3.8, 4) is 6.07 Å². The molecule has 0 aromatic heterocycles. The van der Waals surface area contributed by atoms with Gasteiger partial charge < -0.3 is 10.1 Å². The predicted octanol–water partition coefficient (Wildman–Crippen LogP) is 1.37. The lowest BCUT2D eigenvalue weighted by Gasteiger charge is -2.27.